The predicted molar refractivity (Wildman–Crippen MR) is 75.9 cm³/mol. The van der Waals surface area contributed by atoms with Crippen molar-refractivity contribution >= 4 is 0 Å². The van der Waals surface area contributed by atoms with Gasteiger partial charge in [0.2, 0.25) is 0 Å². The maximum absolute atomic E-state index is 6.38. The topological polar surface area (TPSA) is 83.7 Å². The molecule has 0 unspecified atom stereocenters. The van der Waals surface area contributed by atoms with Crippen LogP contribution in [0, 0.1) is 0 Å². The summed E-state index contributed by atoms with van der Waals surface area (Å²) in [6.45, 7) is 3.04. The van der Waals surface area contributed by atoms with E-state index in [1.54, 1.807) is 0 Å². The van der Waals surface area contributed by atoms with Crippen molar-refractivity contribution in [2.75, 3.05) is 19.6 Å². The Morgan fingerprint density at radius 1 is 1.20 bits per heavy atom. The van der Waals surface area contributed by atoms with Crippen LogP contribution in [0.1, 0.15) is 24.2 Å². The van der Waals surface area contributed by atoms with E-state index in [-0.39, 0.29) is 0 Å². The highest BCUT2D eigenvalue weighted by Gasteiger charge is 2.35. The maximum Gasteiger partial charge on any atom is 0.194 e. The lowest BCUT2D eigenvalue weighted by atomic mass is 9.88. The highest BCUT2D eigenvalue weighted by Crippen LogP contribution is 2.27. The summed E-state index contributed by atoms with van der Waals surface area (Å²) in [6.07, 6.45) is 2.84. The van der Waals surface area contributed by atoms with Crippen LogP contribution in [0.5, 0.6) is 0 Å². The molecule has 1 aliphatic rings. The van der Waals surface area contributed by atoms with Gasteiger partial charge in [0.05, 0.1) is 5.54 Å². The van der Waals surface area contributed by atoms with Crippen molar-refractivity contribution in [3.05, 3.63) is 41.7 Å². The third kappa shape index (κ3) is 2.86. The first kappa shape index (κ1) is 13.2. The SMILES string of the molecule is NC1(c2nn[nH]n2)CCN(CCc2ccccc2)CC1. The molecule has 0 amide bonds. The average molecular weight is 272 g/mol. The predicted octanol–water partition coefficient (Wildman–Crippen LogP) is 0.692. The molecule has 0 spiro atoms. The molecule has 1 aliphatic heterocycles. The van der Waals surface area contributed by atoms with E-state index in [0.29, 0.717) is 5.82 Å². The van der Waals surface area contributed by atoms with Crippen LogP contribution in [0.15, 0.2) is 30.3 Å². The summed E-state index contributed by atoms with van der Waals surface area (Å²) in [5, 5.41) is 14.2. The summed E-state index contributed by atoms with van der Waals surface area (Å²) in [6, 6.07) is 10.6. The summed E-state index contributed by atoms with van der Waals surface area (Å²) in [5.41, 5.74) is 7.35. The van der Waals surface area contributed by atoms with Gasteiger partial charge in [0.1, 0.15) is 0 Å². The highest BCUT2D eigenvalue weighted by atomic mass is 15.5. The molecule has 1 aromatic heterocycles. The summed E-state index contributed by atoms with van der Waals surface area (Å²) in [4.78, 5) is 2.46. The Bertz CT molecular complexity index is 516. The fourth-order valence-corrected chi connectivity index (χ4v) is 2.70. The lowest BCUT2D eigenvalue weighted by molar-refractivity contribution is 0.158. The molecule has 106 valence electrons. The second-order valence-corrected chi connectivity index (χ2v) is 5.47. The van der Waals surface area contributed by atoms with Crippen LogP contribution in [0.3, 0.4) is 0 Å². The Kier molecular flexibility index (Phi) is 3.75. The van der Waals surface area contributed by atoms with Gasteiger partial charge in [0, 0.05) is 19.6 Å². The minimum absolute atomic E-state index is 0.420. The number of tetrazole rings is 1. The molecule has 6 heteroatoms. The molecule has 3 N–H and O–H groups in total. The largest absolute Gasteiger partial charge is 0.319 e. The van der Waals surface area contributed by atoms with Crippen molar-refractivity contribution in [2.45, 2.75) is 24.8 Å². The Morgan fingerprint density at radius 2 is 1.95 bits per heavy atom. The minimum Gasteiger partial charge on any atom is -0.319 e. The summed E-state index contributed by atoms with van der Waals surface area (Å²) in [7, 11) is 0. The first-order valence-electron chi connectivity index (χ1n) is 7.05. The number of hydrogen-bond acceptors (Lipinski definition) is 5. The molecule has 1 aromatic carbocycles. The number of benzene rings is 1. The number of likely N-dealkylation sites (tertiary alicyclic amines) is 1. The number of nitrogens with one attached hydrogen (secondary N) is 1. The number of piperidine rings is 1. The molecule has 0 saturated carbocycles. The third-order valence-electron chi connectivity index (χ3n) is 4.10. The number of nitrogens with zero attached hydrogens (tertiary/aromatic N) is 4. The Hall–Kier alpha value is -1.79. The molecule has 0 atom stereocenters. The van der Waals surface area contributed by atoms with Gasteiger partial charge in [-0.1, -0.05) is 35.5 Å². The van der Waals surface area contributed by atoms with Gasteiger partial charge in [-0.05, 0) is 24.8 Å². The van der Waals surface area contributed by atoms with Gasteiger partial charge in [-0.2, -0.15) is 5.21 Å². The standard InChI is InChI=1S/C14H20N6/c15-14(13-16-18-19-17-13)7-10-20(11-8-14)9-6-12-4-2-1-3-5-12/h1-5H,6-11,15H2,(H,16,17,18,19). The van der Waals surface area contributed by atoms with Gasteiger partial charge in [-0.15, -0.1) is 10.2 Å². The maximum atomic E-state index is 6.38. The van der Waals surface area contributed by atoms with Crippen LogP contribution in [0.2, 0.25) is 0 Å². The average Bonchev–Trinajstić information content (AvgIpc) is 3.03. The number of H-pyrrole nitrogens is 1. The molecule has 0 bridgehead atoms. The number of aromatic amines is 1. The van der Waals surface area contributed by atoms with Gasteiger partial charge in [0.25, 0.3) is 0 Å². The van der Waals surface area contributed by atoms with Crippen molar-refractivity contribution in [1.29, 1.82) is 0 Å². The van der Waals surface area contributed by atoms with Crippen LogP contribution in [-0.2, 0) is 12.0 Å². The number of rotatable bonds is 4. The third-order valence-corrected chi connectivity index (χ3v) is 4.10. The van der Waals surface area contributed by atoms with E-state index >= 15 is 0 Å². The molecule has 2 heterocycles. The van der Waals surface area contributed by atoms with Crippen LogP contribution >= 0.6 is 0 Å². The van der Waals surface area contributed by atoms with Crippen LogP contribution < -0.4 is 5.73 Å². The number of hydrogen-bond donors (Lipinski definition) is 2. The van der Waals surface area contributed by atoms with E-state index in [0.717, 1.165) is 38.9 Å². The zero-order chi connectivity index (χ0) is 13.8. The smallest absolute Gasteiger partial charge is 0.194 e. The van der Waals surface area contributed by atoms with E-state index in [4.69, 9.17) is 5.73 Å². The first-order valence-corrected chi connectivity index (χ1v) is 7.05. The van der Waals surface area contributed by atoms with Crippen molar-refractivity contribution in [3.63, 3.8) is 0 Å². The normalized spacial score (nSPS) is 19.1. The summed E-state index contributed by atoms with van der Waals surface area (Å²) >= 11 is 0. The fourth-order valence-electron chi connectivity index (χ4n) is 2.70. The molecule has 1 saturated heterocycles. The second-order valence-electron chi connectivity index (χ2n) is 5.47. The molecule has 1 fully saturated rings. The van der Waals surface area contributed by atoms with Gasteiger partial charge in [-0.25, -0.2) is 0 Å². The van der Waals surface area contributed by atoms with Gasteiger partial charge >= 0.3 is 0 Å². The van der Waals surface area contributed by atoms with Crippen molar-refractivity contribution < 1.29 is 0 Å². The monoisotopic (exact) mass is 272 g/mol. The van der Waals surface area contributed by atoms with E-state index in [2.05, 4.69) is 55.9 Å². The highest BCUT2D eigenvalue weighted by molar-refractivity contribution is 5.15. The summed E-state index contributed by atoms with van der Waals surface area (Å²) in [5.74, 6) is 0.639. The van der Waals surface area contributed by atoms with Gasteiger partial charge in [-0.3, -0.25) is 0 Å². The van der Waals surface area contributed by atoms with E-state index < -0.39 is 5.54 Å². The van der Waals surface area contributed by atoms with Crippen LogP contribution in [0.4, 0.5) is 0 Å². The fraction of sp³-hybridized carbons (Fsp3) is 0.500. The molecule has 20 heavy (non-hydrogen) atoms. The summed E-state index contributed by atoms with van der Waals surface area (Å²) < 4.78 is 0. The lowest BCUT2D eigenvalue weighted by Gasteiger charge is -2.37. The van der Waals surface area contributed by atoms with E-state index in [1.165, 1.54) is 5.56 Å². The van der Waals surface area contributed by atoms with Gasteiger partial charge in [0.15, 0.2) is 5.82 Å². The van der Waals surface area contributed by atoms with Crippen LogP contribution in [-0.4, -0.2) is 45.2 Å². The van der Waals surface area contributed by atoms with Gasteiger partial charge < -0.3 is 10.6 Å². The molecule has 0 radical (unpaired) electrons. The van der Waals surface area contributed by atoms with Crippen molar-refractivity contribution in [3.8, 4) is 0 Å². The number of aromatic nitrogens is 4. The van der Waals surface area contributed by atoms with E-state index in [1.807, 2.05) is 0 Å². The lowest BCUT2D eigenvalue weighted by Crippen LogP contribution is -2.49. The Morgan fingerprint density at radius 3 is 2.60 bits per heavy atom. The van der Waals surface area contributed by atoms with Crippen molar-refractivity contribution in [1.82, 2.24) is 25.5 Å². The Labute approximate surface area is 118 Å². The minimum atomic E-state index is -0.420. The molecular formula is C14H20N6. The van der Waals surface area contributed by atoms with E-state index in [9.17, 15) is 0 Å². The molecular weight excluding hydrogens is 252 g/mol. The number of nitrogens with two attached hydrogens (primary N) is 1. The first-order chi connectivity index (χ1) is 9.76. The second kappa shape index (κ2) is 5.68. The quantitative estimate of drug-likeness (QED) is 0.855. The molecule has 3 rings (SSSR count). The Balaban J connectivity index is 1.51. The zero-order valence-corrected chi connectivity index (χ0v) is 11.5. The molecule has 2 aromatic rings. The van der Waals surface area contributed by atoms with Crippen molar-refractivity contribution in [2.24, 2.45) is 5.73 Å². The van der Waals surface area contributed by atoms with Crippen LogP contribution in [0.25, 0.3) is 0 Å². The molecule has 0 aliphatic carbocycles. The zero-order valence-electron chi connectivity index (χ0n) is 11.5. The molecule has 6 nitrogen and oxygen atoms in total.